The molecule has 1 saturated carbocycles. The first kappa shape index (κ1) is 14.9. The van der Waals surface area contributed by atoms with Crippen molar-refractivity contribution in [3.63, 3.8) is 0 Å². The van der Waals surface area contributed by atoms with E-state index in [1.54, 1.807) is 0 Å². The van der Waals surface area contributed by atoms with Crippen molar-refractivity contribution < 1.29 is 0 Å². The van der Waals surface area contributed by atoms with E-state index in [1.807, 2.05) is 6.92 Å². The number of halogens is 1. The van der Waals surface area contributed by atoms with E-state index >= 15 is 0 Å². The lowest BCUT2D eigenvalue weighted by molar-refractivity contribution is 0.329. The van der Waals surface area contributed by atoms with E-state index in [9.17, 15) is 0 Å². The van der Waals surface area contributed by atoms with Gasteiger partial charge in [-0.3, -0.25) is 0 Å². The number of aryl methyl sites for hydroxylation is 1. The Morgan fingerprint density at radius 1 is 1.14 bits per heavy atom. The van der Waals surface area contributed by atoms with Crippen LogP contribution < -0.4 is 0 Å². The van der Waals surface area contributed by atoms with Gasteiger partial charge in [-0.2, -0.15) is 0 Å². The van der Waals surface area contributed by atoms with Crippen molar-refractivity contribution in [2.24, 2.45) is 0 Å². The Balaban J connectivity index is 2.19. The normalized spacial score (nSPS) is 17.6. The average molecular weight is 363 g/mol. The maximum absolute atomic E-state index is 5.42. The molecule has 21 heavy (non-hydrogen) atoms. The summed E-state index contributed by atoms with van der Waals surface area (Å²) in [5, 5.41) is 0. The molecule has 0 atom stereocenters. The standard InChI is InChI=1S/C17H19BrN2S/c1-12-14(18)15(21)20-16(19-12)17(10-6-3-7-11-17)13-8-4-2-5-9-13/h2,4-5,8-9H,3,6-7,10-11H2,1H3,(H,19,20,21). The van der Waals surface area contributed by atoms with Crippen LogP contribution in [0.1, 0.15) is 49.2 Å². The van der Waals surface area contributed by atoms with E-state index in [0.29, 0.717) is 4.64 Å². The Hall–Kier alpha value is -1.00. The molecule has 110 valence electrons. The lowest BCUT2D eigenvalue weighted by Gasteiger charge is -2.37. The molecule has 0 radical (unpaired) electrons. The molecule has 1 aromatic carbocycles. The number of nitrogens with zero attached hydrogens (tertiary/aromatic N) is 1. The fraction of sp³-hybridized carbons (Fsp3) is 0.412. The number of rotatable bonds is 2. The summed E-state index contributed by atoms with van der Waals surface area (Å²) in [5.74, 6) is 1.03. The number of hydrogen-bond acceptors (Lipinski definition) is 2. The van der Waals surface area contributed by atoms with E-state index < -0.39 is 0 Å². The van der Waals surface area contributed by atoms with Crippen LogP contribution in [-0.2, 0) is 5.41 Å². The largest absolute Gasteiger partial charge is 0.346 e. The van der Waals surface area contributed by atoms with Crippen molar-refractivity contribution in [1.29, 1.82) is 0 Å². The minimum absolute atomic E-state index is 0.0153. The summed E-state index contributed by atoms with van der Waals surface area (Å²) in [6, 6.07) is 10.8. The van der Waals surface area contributed by atoms with Gasteiger partial charge in [-0.15, -0.1) is 0 Å². The lowest BCUT2D eigenvalue weighted by atomic mass is 9.68. The Bertz CT molecular complexity index is 688. The Labute approximate surface area is 139 Å². The van der Waals surface area contributed by atoms with Gasteiger partial charge in [0.2, 0.25) is 0 Å². The fourth-order valence-electron chi connectivity index (χ4n) is 3.37. The molecule has 0 unspecified atom stereocenters. The summed E-state index contributed by atoms with van der Waals surface area (Å²) in [7, 11) is 0. The van der Waals surface area contributed by atoms with Gasteiger partial charge in [-0.1, -0.05) is 61.8 Å². The topological polar surface area (TPSA) is 28.7 Å². The summed E-state index contributed by atoms with van der Waals surface area (Å²) in [6.45, 7) is 2.05. The molecule has 2 nitrogen and oxygen atoms in total. The maximum Gasteiger partial charge on any atom is 0.144 e. The molecule has 1 fully saturated rings. The number of H-pyrrole nitrogens is 1. The van der Waals surface area contributed by atoms with Crippen LogP contribution in [0.5, 0.6) is 0 Å². The summed E-state index contributed by atoms with van der Waals surface area (Å²) < 4.78 is 1.56. The van der Waals surface area contributed by atoms with Crippen molar-refractivity contribution >= 4 is 28.1 Å². The van der Waals surface area contributed by atoms with Crippen LogP contribution in [-0.4, -0.2) is 9.97 Å². The van der Waals surface area contributed by atoms with Crippen LogP contribution in [0.15, 0.2) is 34.8 Å². The first-order valence-electron chi connectivity index (χ1n) is 7.46. The minimum atomic E-state index is -0.0153. The maximum atomic E-state index is 5.42. The summed E-state index contributed by atoms with van der Waals surface area (Å²) in [4.78, 5) is 8.22. The number of benzene rings is 1. The molecule has 4 heteroatoms. The van der Waals surface area contributed by atoms with Gasteiger partial charge in [0.15, 0.2) is 0 Å². The molecule has 1 heterocycles. The molecule has 1 aliphatic rings. The summed E-state index contributed by atoms with van der Waals surface area (Å²) in [5.41, 5.74) is 2.40. The smallest absolute Gasteiger partial charge is 0.144 e. The lowest BCUT2D eigenvalue weighted by Crippen LogP contribution is -2.33. The van der Waals surface area contributed by atoms with Crippen molar-refractivity contribution in [3.8, 4) is 0 Å². The SMILES string of the molecule is Cc1[nH]c(C2(c3ccccc3)CCCCC2)nc(=S)c1Br. The Morgan fingerprint density at radius 2 is 1.81 bits per heavy atom. The zero-order chi connectivity index (χ0) is 14.9. The Morgan fingerprint density at radius 3 is 2.43 bits per heavy atom. The molecule has 0 amide bonds. The van der Waals surface area contributed by atoms with Crippen LogP contribution >= 0.6 is 28.1 Å². The molecule has 2 aromatic rings. The van der Waals surface area contributed by atoms with Gasteiger partial charge < -0.3 is 4.98 Å². The molecule has 1 aromatic heterocycles. The molecular weight excluding hydrogens is 344 g/mol. The van der Waals surface area contributed by atoms with Crippen molar-refractivity contribution in [2.75, 3.05) is 0 Å². The third-order valence-corrected chi connectivity index (χ3v) is 6.05. The van der Waals surface area contributed by atoms with Crippen molar-refractivity contribution in [3.05, 3.63) is 56.5 Å². The predicted molar refractivity (Wildman–Crippen MR) is 92.2 cm³/mol. The van der Waals surface area contributed by atoms with Crippen molar-refractivity contribution in [2.45, 2.75) is 44.4 Å². The molecule has 3 rings (SSSR count). The van der Waals surface area contributed by atoms with E-state index in [1.165, 1.54) is 24.8 Å². The van der Waals surface area contributed by atoms with Gasteiger partial charge in [0, 0.05) is 5.69 Å². The van der Waals surface area contributed by atoms with Crippen LogP contribution in [0.3, 0.4) is 0 Å². The number of nitrogens with one attached hydrogen (secondary N) is 1. The molecule has 0 aliphatic heterocycles. The highest BCUT2D eigenvalue weighted by atomic mass is 79.9. The highest BCUT2D eigenvalue weighted by Gasteiger charge is 2.38. The summed E-state index contributed by atoms with van der Waals surface area (Å²) >= 11 is 8.93. The molecule has 0 saturated heterocycles. The number of hydrogen-bond donors (Lipinski definition) is 1. The minimum Gasteiger partial charge on any atom is -0.346 e. The van der Waals surface area contributed by atoms with E-state index in [0.717, 1.165) is 28.8 Å². The number of aromatic amines is 1. The Kier molecular flexibility index (Phi) is 4.27. The molecule has 1 N–H and O–H groups in total. The monoisotopic (exact) mass is 362 g/mol. The second-order valence-electron chi connectivity index (χ2n) is 5.84. The first-order chi connectivity index (χ1) is 10.1. The summed E-state index contributed by atoms with van der Waals surface area (Å²) in [6.07, 6.45) is 6.07. The molecule has 1 aliphatic carbocycles. The van der Waals surface area contributed by atoms with Gasteiger partial charge in [0.05, 0.1) is 9.89 Å². The fourth-order valence-corrected chi connectivity index (χ4v) is 3.80. The highest BCUT2D eigenvalue weighted by Crippen LogP contribution is 2.43. The molecular formula is C17H19BrN2S. The van der Waals surface area contributed by atoms with Crippen molar-refractivity contribution in [1.82, 2.24) is 9.97 Å². The second kappa shape index (κ2) is 6.01. The zero-order valence-corrected chi connectivity index (χ0v) is 14.6. The first-order valence-corrected chi connectivity index (χ1v) is 8.66. The molecule has 0 bridgehead atoms. The average Bonchev–Trinajstić information content (AvgIpc) is 2.53. The third kappa shape index (κ3) is 2.71. The molecule has 0 spiro atoms. The van der Waals surface area contributed by atoms with E-state index in [-0.39, 0.29) is 5.41 Å². The van der Waals surface area contributed by atoms with Gasteiger partial charge in [-0.25, -0.2) is 4.98 Å². The zero-order valence-electron chi connectivity index (χ0n) is 12.2. The van der Waals surface area contributed by atoms with E-state index in [4.69, 9.17) is 17.2 Å². The second-order valence-corrected chi connectivity index (χ2v) is 7.02. The third-order valence-electron chi connectivity index (χ3n) is 4.52. The van der Waals surface area contributed by atoms with Gasteiger partial charge in [0.1, 0.15) is 10.5 Å². The van der Waals surface area contributed by atoms with Crippen LogP contribution in [0.2, 0.25) is 0 Å². The van der Waals surface area contributed by atoms with Gasteiger partial charge in [0.25, 0.3) is 0 Å². The number of aromatic nitrogens is 2. The predicted octanol–water partition coefficient (Wildman–Crippen LogP) is 5.46. The van der Waals surface area contributed by atoms with Gasteiger partial charge >= 0.3 is 0 Å². The van der Waals surface area contributed by atoms with Crippen LogP contribution in [0, 0.1) is 11.6 Å². The van der Waals surface area contributed by atoms with Gasteiger partial charge in [-0.05, 0) is 41.3 Å². The highest BCUT2D eigenvalue weighted by molar-refractivity contribution is 9.10. The van der Waals surface area contributed by atoms with E-state index in [2.05, 4.69) is 51.2 Å². The van der Waals surface area contributed by atoms with Crippen LogP contribution in [0.25, 0.3) is 0 Å². The quantitative estimate of drug-likeness (QED) is 0.718. The van der Waals surface area contributed by atoms with Crippen LogP contribution in [0.4, 0.5) is 0 Å².